The van der Waals surface area contributed by atoms with Crippen LogP contribution in [0.25, 0.3) is 0 Å². The lowest BCUT2D eigenvalue weighted by molar-refractivity contribution is -0.113. The molecule has 1 N–H and O–H groups in total. The molecule has 0 radical (unpaired) electrons. The van der Waals surface area contributed by atoms with Crippen molar-refractivity contribution < 1.29 is 9.18 Å². The highest BCUT2D eigenvalue weighted by Crippen LogP contribution is 2.37. The molecule has 3 rings (SSSR count). The minimum absolute atomic E-state index is 0.161. The number of aromatic nitrogens is 2. The van der Waals surface area contributed by atoms with Crippen LogP contribution in [-0.4, -0.2) is 21.2 Å². The number of carbonyl (C=O) groups is 1. The monoisotopic (exact) mass is 291 g/mol. The van der Waals surface area contributed by atoms with Gasteiger partial charge in [0.1, 0.15) is 5.82 Å². The zero-order chi connectivity index (χ0) is 13.9. The molecule has 4 nitrogen and oxygen atoms in total. The maximum absolute atomic E-state index is 13.0. The van der Waals surface area contributed by atoms with Crippen LogP contribution in [0.15, 0.2) is 41.8 Å². The first kappa shape index (κ1) is 13.2. The van der Waals surface area contributed by atoms with Gasteiger partial charge in [-0.1, -0.05) is 17.8 Å². The van der Waals surface area contributed by atoms with Gasteiger partial charge in [0.25, 0.3) is 0 Å². The van der Waals surface area contributed by atoms with Gasteiger partial charge in [0.2, 0.25) is 5.91 Å². The lowest BCUT2D eigenvalue weighted by Crippen LogP contribution is -2.14. The summed E-state index contributed by atoms with van der Waals surface area (Å²) in [5.74, 6) is -0.258. The zero-order valence-corrected chi connectivity index (χ0v) is 11.6. The van der Waals surface area contributed by atoms with Crippen molar-refractivity contribution in [1.29, 1.82) is 0 Å². The molecule has 0 atom stereocenters. The second-order valence-electron chi connectivity index (χ2n) is 4.70. The molecular weight excluding hydrogens is 277 g/mol. The van der Waals surface area contributed by atoms with Gasteiger partial charge in [-0.15, -0.1) is 0 Å². The van der Waals surface area contributed by atoms with Gasteiger partial charge in [0.15, 0.2) is 5.16 Å². The first-order valence-electron chi connectivity index (χ1n) is 6.43. The van der Waals surface area contributed by atoms with Crippen molar-refractivity contribution in [1.82, 2.24) is 9.55 Å². The van der Waals surface area contributed by atoms with Crippen LogP contribution in [0, 0.1) is 5.82 Å². The predicted molar refractivity (Wildman–Crippen MR) is 76.3 cm³/mol. The first-order valence-corrected chi connectivity index (χ1v) is 7.42. The van der Waals surface area contributed by atoms with Crippen LogP contribution in [0.2, 0.25) is 0 Å². The number of halogens is 1. The Hall–Kier alpha value is -1.82. The minimum Gasteiger partial charge on any atom is -0.325 e. The summed E-state index contributed by atoms with van der Waals surface area (Å²) >= 11 is 1.40. The topological polar surface area (TPSA) is 46.9 Å². The van der Waals surface area contributed by atoms with E-state index in [1.807, 2.05) is 6.20 Å². The van der Waals surface area contributed by atoms with Gasteiger partial charge in [-0.25, -0.2) is 9.37 Å². The van der Waals surface area contributed by atoms with E-state index in [0.717, 1.165) is 5.16 Å². The molecule has 104 valence electrons. The van der Waals surface area contributed by atoms with Crippen LogP contribution >= 0.6 is 11.8 Å². The summed E-state index contributed by atoms with van der Waals surface area (Å²) in [5.41, 5.74) is 0.473. The van der Waals surface area contributed by atoms with Crippen molar-refractivity contribution in [2.45, 2.75) is 24.0 Å². The third-order valence-electron chi connectivity index (χ3n) is 3.01. The number of hydrogen-bond donors (Lipinski definition) is 1. The van der Waals surface area contributed by atoms with E-state index in [-0.39, 0.29) is 17.5 Å². The van der Waals surface area contributed by atoms with Crippen LogP contribution in [0.1, 0.15) is 18.9 Å². The number of rotatable bonds is 5. The largest absolute Gasteiger partial charge is 0.325 e. The third kappa shape index (κ3) is 3.19. The van der Waals surface area contributed by atoms with E-state index in [1.165, 1.54) is 36.7 Å². The summed E-state index contributed by atoms with van der Waals surface area (Å²) < 4.78 is 15.1. The van der Waals surface area contributed by atoms with E-state index in [1.54, 1.807) is 18.3 Å². The van der Waals surface area contributed by atoms with Crippen molar-refractivity contribution in [2.75, 3.05) is 11.1 Å². The van der Waals surface area contributed by atoms with Crippen molar-refractivity contribution in [3.05, 3.63) is 42.5 Å². The second-order valence-corrected chi connectivity index (χ2v) is 5.64. The number of carbonyl (C=O) groups excluding carboxylic acids is 1. The Kier molecular flexibility index (Phi) is 3.73. The van der Waals surface area contributed by atoms with E-state index in [0.29, 0.717) is 11.7 Å². The average Bonchev–Trinajstić information content (AvgIpc) is 3.15. The SMILES string of the molecule is O=C(CSc1nccn1C1CC1)Nc1cccc(F)c1. The summed E-state index contributed by atoms with van der Waals surface area (Å²) in [6.07, 6.45) is 6.06. The molecule has 1 aliphatic carbocycles. The number of imidazole rings is 1. The molecule has 0 spiro atoms. The number of anilines is 1. The fourth-order valence-electron chi connectivity index (χ4n) is 1.94. The van der Waals surface area contributed by atoms with Gasteiger partial charge in [-0.3, -0.25) is 4.79 Å². The highest BCUT2D eigenvalue weighted by atomic mass is 32.2. The summed E-state index contributed by atoms with van der Waals surface area (Å²) in [6, 6.07) is 6.42. The van der Waals surface area contributed by atoms with Gasteiger partial charge in [0, 0.05) is 24.1 Å². The Morgan fingerprint density at radius 2 is 2.35 bits per heavy atom. The molecule has 1 amide bonds. The summed E-state index contributed by atoms with van der Waals surface area (Å²) in [7, 11) is 0. The van der Waals surface area contributed by atoms with Crippen LogP contribution in [0.5, 0.6) is 0 Å². The van der Waals surface area contributed by atoms with Gasteiger partial charge in [-0.2, -0.15) is 0 Å². The average molecular weight is 291 g/mol. The molecule has 20 heavy (non-hydrogen) atoms. The van der Waals surface area contributed by atoms with Crippen molar-refractivity contribution in [3.63, 3.8) is 0 Å². The quantitative estimate of drug-likeness (QED) is 0.861. The molecule has 6 heteroatoms. The van der Waals surface area contributed by atoms with Crippen LogP contribution in [0.4, 0.5) is 10.1 Å². The third-order valence-corrected chi connectivity index (χ3v) is 4.00. The molecule has 1 aromatic heterocycles. The second kappa shape index (κ2) is 5.66. The van der Waals surface area contributed by atoms with E-state index in [2.05, 4.69) is 14.9 Å². The first-order chi connectivity index (χ1) is 9.72. The molecule has 2 aromatic rings. The van der Waals surface area contributed by atoms with Crippen LogP contribution < -0.4 is 5.32 Å². The van der Waals surface area contributed by atoms with Crippen LogP contribution in [0.3, 0.4) is 0 Å². The number of nitrogens with one attached hydrogen (secondary N) is 1. The summed E-state index contributed by atoms with van der Waals surface area (Å²) in [4.78, 5) is 16.1. The standard InChI is InChI=1S/C14H14FN3OS/c15-10-2-1-3-11(8-10)17-13(19)9-20-14-16-6-7-18(14)12-4-5-12/h1-3,6-8,12H,4-5,9H2,(H,17,19). The maximum atomic E-state index is 13.0. The Morgan fingerprint density at radius 3 is 3.10 bits per heavy atom. The van der Waals surface area contributed by atoms with Gasteiger partial charge in [0.05, 0.1) is 5.75 Å². The van der Waals surface area contributed by atoms with Gasteiger partial charge in [-0.05, 0) is 31.0 Å². The molecule has 0 unspecified atom stereocenters. The van der Waals surface area contributed by atoms with E-state index in [9.17, 15) is 9.18 Å². The Balaban J connectivity index is 1.55. The van der Waals surface area contributed by atoms with Crippen molar-refractivity contribution in [3.8, 4) is 0 Å². The van der Waals surface area contributed by atoms with Crippen molar-refractivity contribution >= 4 is 23.4 Å². The lowest BCUT2D eigenvalue weighted by atomic mass is 10.3. The molecule has 1 saturated carbocycles. The van der Waals surface area contributed by atoms with E-state index in [4.69, 9.17) is 0 Å². The fourth-order valence-corrected chi connectivity index (χ4v) is 2.76. The molecule has 1 fully saturated rings. The molecule has 1 aliphatic rings. The highest BCUT2D eigenvalue weighted by molar-refractivity contribution is 7.99. The van der Waals surface area contributed by atoms with E-state index >= 15 is 0 Å². The molecule has 0 bridgehead atoms. The predicted octanol–water partition coefficient (Wildman–Crippen LogP) is 3.09. The van der Waals surface area contributed by atoms with Gasteiger partial charge < -0.3 is 9.88 Å². The zero-order valence-electron chi connectivity index (χ0n) is 10.8. The van der Waals surface area contributed by atoms with Crippen molar-refractivity contribution in [2.24, 2.45) is 0 Å². The summed E-state index contributed by atoms with van der Waals surface area (Å²) in [5, 5.41) is 3.54. The molecule has 1 aromatic carbocycles. The lowest BCUT2D eigenvalue weighted by Gasteiger charge is -2.06. The smallest absolute Gasteiger partial charge is 0.234 e. The number of nitrogens with zero attached hydrogens (tertiary/aromatic N) is 2. The molecule has 0 aliphatic heterocycles. The number of benzene rings is 1. The number of hydrogen-bond acceptors (Lipinski definition) is 3. The Morgan fingerprint density at radius 1 is 1.50 bits per heavy atom. The normalized spacial score (nSPS) is 14.2. The maximum Gasteiger partial charge on any atom is 0.234 e. The van der Waals surface area contributed by atoms with E-state index < -0.39 is 0 Å². The van der Waals surface area contributed by atoms with Crippen LogP contribution in [-0.2, 0) is 4.79 Å². The Bertz CT molecular complexity index is 624. The minimum atomic E-state index is -0.361. The highest BCUT2D eigenvalue weighted by Gasteiger charge is 2.25. The molecule has 1 heterocycles. The summed E-state index contributed by atoms with van der Waals surface area (Å²) in [6.45, 7) is 0. The number of thioether (sulfide) groups is 1. The van der Waals surface area contributed by atoms with Gasteiger partial charge >= 0.3 is 0 Å². The molecular formula is C14H14FN3OS. The molecule has 0 saturated heterocycles. The fraction of sp³-hybridized carbons (Fsp3) is 0.286. The number of amides is 1. The Labute approximate surface area is 120 Å².